The number of thioether (sulfide) groups is 1. The summed E-state index contributed by atoms with van der Waals surface area (Å²) in [7, 11) is 0. The van der Waals surface area contributed by atoms with Gasteiger partial charge in [-0.2, -0.15) is 11.8 Å². The van der Waals surface area contributed by atoms with Crippen LogP contribution in [-0.2, 0) is 66.9 Å². The lowest BCUT2D eigenvalue weighted by Gasteiger charge is -2.48. The Bertz CT molecular complexity index is 1870. The van der Waals surface area contributed by atoms with E-state index in [1.165, 1.54) is 13.8 Å². The maximum absolute atomic E-state index is 13.5. The van der Waals surface area contributed by atoms with Crippen LogP contribution in [0.4, 0.5) is 0 Å². The van der Waals surface area contributed by atoms with Gasteiger partial charge in [0.25, 0.3) is 0 Å². The minimum Gasteiger partial charge on any atom is -0.480 e. The van der Waals surface area contributed by atoms with Gasteiger partial charge in [-0.05, 0) is 34.1 Å². The molecule has 7 amide bonds. The first kappa shape index (κ1) is 60.8. The summed E-state index contributed by atoms with van der Waals surface area (Å²) in [6, 6.07) is -11.8. The van der Waals surface area contributed by atoms with Gasteiger partial charge >= 0.3 is 17.9 Å². The third-order valence-corrected chi connectivity index (χ3v) is 11.7. The molecule has 0 aromatic heterocycles. The van der Waals surface area contributed by atoms with Crippen molar-refractivity contribution in [2.75, 3.05) is 24.7 Å². The van der Waals surface area contributed by atoms with Gasteiger partial charge in [0, 0.05) is 31.8 Å². The molecule has 2 saturated heterocycles. The van der Waals surface area contributed by atoms with E-state index in [9.17, 15) is 78.6 Å². The van der Waals surface area contributed by atoms with Gasteiger partial charge in [0.15, 0.2) is 12.6 Å². The first-order valence-electron chi connectivity index (χ1n) is 21.6. The van der Waals surface area contributed by atoms with Gasteiger partial charge in [-0.15, -0.1) is 0 Å². The molecule has 30 nitrogen and oxygen atoms in total. The molecule has 31 heteroatoms. The predicted octanol–water partition coefficient (Wildman–Crippen LogP) is -8.12. The van der Waals surface area contributed by atoms with Crippen molar-refractivity contribution in [2.24, 2.45) is 5.73 Å². The lowest BCUT2D eigenvalue weighted by atomic mass is 9.94. The maximum atomic E-state index is 13.5. The molecule has 17 N–H and O–H groups in total. The van der Waals surface area contributed by atoms with Crippen molar-refractivity contribution >= 4 is 71.0 Å². The Morgan fingerprint density at radius 1 is 0.614 bits per heavy atom. The Balaban J connectivity index is 2.21. The van der Waals surface area contributed by atoms with E-state index in [0.29, 0.717) is 0 Å². The second-order valence-electron chi connectivity index (χ2n) is 16.3. The number of hydrogen-bond donors (Lipinski definition) is 16. The number of ether oxygens (including phenoxy) is 4. The highest BCUT2D eigenvalue weighted by atomic mass is 32.2. The number of carboxylic acid groups (broad SMARTS) is 3. The summed E-state index contributed by atoms with van der Waals surface area (Å²) in [5.41, 5.74) is 5.52. The Morgan fingerprint density at radius 3 is 1.69 bits per heavy atom. The minimum absolute atomic E-state index is 0.217. The average Bonchev–Trinajstić information content (AvgIpc) is 3.27. The van der Waals surface area contributed by atoms with Crippen molar-refractivity contribution in [1.29, 1.82) is 0 Å². The SMILES string of the molecule is CC(=O)NC1C(OC2C(CO)OC(O)C(NC(C)=O)C2OC(C)C(=O)NC(C)C(=O)NC(CCC(=O)NC(CSCC(N)C(=O)O)C(=O)NC(C)C(=O)NC(C)C(=O)O)C(=O)O)OC(CO)C(O)C1O. The first-order chi connectivity index (χ1) is 32.6. The lowest BCUT2D eigenvalue weighted by Crippen LogP contribution is -2.70. The van der Waals surface area contributed by atoms with Gasteiger partial charge in [-0.1, -0.05) is 0 Å². The average molecular weight is 1030 g/mol. The summed E-state index contributed by atoms with van der Waals surface area (Å²) in [6.45, 7) is 5.10. The summed E-state index contributed by atoms with van der Waals surface area (Å²) in [5.74, 6) is -11.2. The summed E-state index contributed by atoms with van der Waals surface area (Å²) in [4.78, 5) is 124. The molecule has 2 heterocycles. The maximum Gasteiger partial charge on any atom is 0.326 e. The Hall–Kier alpha value is -5.35. The smallest absolute Gasteiger partial charge is 0.326 e. The molecule has 0 aliphatic carbocycles. The molecule has 0 spiro atoms. The number of amides is 7. The molecule has 0 radical (unpaired) electrons. The molecule has 2 rings (SSSR count). The van der Waals surface area contributed by atoms with Crippen LogP contribution >= 0.6 is 11.8 Å². The van der Waals surface area contributed by atoms with Gasteiger partial charge in [0.2, 0.25) is 41.4 Å². The van der Waals surface area contributed by atoms with Crippen LogP contribution < -0.4 is 43.0 Å². The summed E-state index contributed by atoms with van der Waals surface area (Å²) in [5, 5.41) is 96.3. The fraction of sp³-hybridized carbons (Fsp3) is 0.744. The van der Waals surface area contributed by atoms with Gasteiger partial charge in [-0.25, -0.2) is 4.79 Å². The van der Waals surface area contributed by atoms with E-state index in [4.69, 9.17) is 34.9 Å². The summed E-state index contributed by atoms with van der Waals surface area (Å²) < 4.78 is 23.1. The van der Waals surface area contributed by atoms with Crippen LogP contribution in [0.15, 0.2) is 0 Å². The molecular weight excluding hydrogens is 965 g/mol. The van der Waals surface area contributed by atoms with Crippen LogP contribution in [-0.4, -0.2) is 228 Å². The van der Waals surface area contributed by atoms with E-state index in [0.717, 1.165) is 39.5 Å². The van der Waals surface area contributed by atoms with E-state index in [1.54, 1.807) is 0 Å². The monoisotopic (exact) mass is 1030 g/mol. The van der Waals surface area contributed by atoms with E-state index >= 15 is 0 Å². The fourth-order valence-corrected chi connectivity index (χ4v) is 7.66. The van der Waals surface area contributed by atoms with Crippen LogP contribution in [0.25, 0.3) is 0 Å². The van der Waals surface area contributed by atoms with Crippen molar-refractivity contribution < 1.29 is 108 Å². The molecule has 17 unspecified atom stereocenters. The molecule has 0 saturated carbocycles. The minimum atomic E-state index is -1.92. The number of carbonyl (C=O) groups excluding carboxylic acids is 7. The van der Waals surface area contributed by atoms with Crippen LogP contribution in [0.5, 0.6) is 0 Å². The normalized spacial score (nSPS) is 27.3. The number of carboxylic acids is 3. The molecule has 17 atom stereocenters. The topological polar surface area (TPSA) is 480 Å². The molecular formula is C39H64N8O22S. The van der Waals surface area contributed by atoms with Crippen LogP contribution in [0.1, 0.15) is 54.4 Å². The fourth-order valence-electron chi connectivity index (χ4n) is 6.66. The highest BCUT2D eigenvalue weighted by molar-refractivity contribution is 7.99. The molecule has 0 bridgehead atoms. The highest BCUT2D eigenvalue weighted by Gasteiger charge is 2.53. The standard InChI is InChI=1S/C39H64N8O22S/c1-13(31(55)43-15(3)35(59)60)42-34(58)21(12-70-11-19(40)36(61)62)46-24(52)8-7-20(37(63)64)47-32(56)14(2)41-33(57)16(4)66-30-26(45-18(6)51)38(65)67-23(10-49)29(30)69-39-25(44-17(5)50)28(54)27(53)22(9-48)68-39/h13-16,19-23,25-30,38-39,48-49,53-54,65H,7-12,40H2,1-6H3,(H,41,57)(H,42,58)(H,43,55)(H,44,50)(H,45,51)(H,46,52)(H,47,56)(H,59,60)(H,61,62)(H,63,64). The van der Waals surface area contributed by atoms with E-state index in [-0.39, 0.29) is 11.5 Å². The van der Waals surface area contributed by atoms with Crippen LogP contribution in [0.2, 0.25) is 0 Å². The molecule has 2 fully saturated rings. The lowest BCUT2D eigenvalue weighted by molar-refractivity contribution is -0.333. The second kappa shape index (κ2) is 28.5. The van der Waals surface area contributed by atoms with Crippen molar-refractivity contribution in [3.63, 3.8) is 0 Å². The first-order valence-corrected chi connectivity index (χ1v) is 22.7. The van der Waals surface area contributed by atoms with E-state index in [1.807, 2.05) is 0 Å². The number of rotatable bonds is 27. The highest BCUT2D eigenvalue weighted by Crippen LogP contribution is 2.31. The van der Waals surface area contributed by atoms with Crippen LogP contribution in [0, 0.1) is 0 Å². The summed E-state index contributed by atoms with van der Waals surface area (Å²) >= 11 is 0.843. The molecule has 2 aliphatic heterocycles. The van der Waals surface area contributed by atoms with Crippen LogP contribution in [0.3, 0.4) is 0 Å². The predicted molar refractivity (Wildman–Crippen MR) is 234 cm³/mol. The molecule has 70 heavy (non-hydrogen) atoms. The number of nitrogens with one attached hydrogen (secondary N) is 7. The number of aliphatic hydroxyl groups excluding tert-OH is 5. The molecule has 2 aliphatic rings. The molecule has 398 valence electrons. The van der Waals surface area contributed by atoms with Crippen molar-refractivity contribution in [2.45, 2.75) is 158 Å². The number of aliphatic hydroxyl groups is 5. The quantitative estimate of drug-likeness (QED) is 0.0363. The zero-order valence-electron chi connectivity index (χ0n) is 38.8. The zero-order valence-corrected chi connectivity index (χ0v) is 39.7. The van der Waals surface area contributed by atoms with Crippen molar-refractivity contribution in [3.05, 3.63) is 0 Å². The van der Waals surface area contributed by atoms with Gasteiger partial charge in [-0.3, -0.25) is 43.2 Å². The number of aliphatic carboxylic acids is 3. The molecule has 0 aromatic carbocycles. The third kappa shape index (κ3) is 18.4. The van der Waals surface area contributed by atoms with E-state index in [2.05, 4.69) is 37.2 Å². The zero-order chi connectivity index (χ0) is 53.3. The van der Waals surface area contributed by atoms with Gasteiger partial charge < -0.3 is 103 Å². The molecule has 0 aromatic rings. The van der Waals surface area contributed by atoms with Crippen molar-refractivity contribution in [1.82, 2.24) is 37.2 Å². The number of nitrogens with two attached hydrogens (primary N) is 1. The van der Waals surface area contributed by atoms with Gasteiger partial charge in [0.1, 0.15) is 91.1 Å². The summed E-state index contributed by atoms with van der Waals surface area (Å²) in [6.07, 6.45) is -16.3. The second-order valence-corrected chi connectivity index (χ2v) is 17.4. The third-order valence-electron chi connectivity index (χ3n) is 10.5. The largest absolute Gasteiger partial charge is 0.480 e. The number of carbonyl (C=O) groups is 10. The van der Waals surface area contributed by atoms with Gasteiger partial charge in [0.05, 0.1) is 13.2 Å². The Morgan fingerprint density at radius 2 is 1.16 bits per heavy atom. The Labute approximate surface area is 403 Å². The Kier molecular flexibility index (Phi) is 24.7. The number of hydrogen-bond acceptors (Lipinski definition) is 21. The van der Waals surface area contributed by atoms with Crippen molar-refractivity contribution in [3.8, 4) is 0 Å². The van der Waals surface area contributed by atoms with E-state index < -0.39 is 189 Å².